The summed E-state index contributed by atoms with van der Waals surface area (Å²) in [6, 6.07) is 15.0. The van der Waals surface area contributed by atoms with Gasteiger partial charge in [0.2, 0.25) is 0 Å². The molecule has 0 spiro atoms. The van der Waals surface area contributed by atoms with Crippen molar-refractivity contribution in [2.75, 3.05) is 0 Å². The molecule has 0 heterocycles. The highest BCUT2D eigenvalue weighted by Gasteiger charge is 2.36. The number of hydrogen-bond donors (Lipinski definition) is 0. The van der Waals surface area contributed by atoms with Crippen LogP contribution in [0.3, 0.4) is 0 Å². The van der Waals surface area contributed by atoms with Crippen LogP contribution in [0.5, 0.6) is 0 Å². The Morgan fingerprint density at radius 2 is 1.54 bits per heavy atom. The van der Waals surface area contributed by atoms with Gasteiger partial charge in [-0.05, 0) is 41.7 Å². The van der Waals surface area contributed by atoms with Gasteiger partial charge in [0.15, 0.2) is 0 Å². The molecule has 0 N–H and O–H groups in total. The van der Waals surface area contributed by atoms with Crippen LogP contribution in [0.15, 0.2) is 48.6 Å². The molecule has 0 amide bonds. The van der Waals surface area contributed by atoms with Crippen molar-refractivity contribution in [3.8, 4) is 12.1 Å². The molecular weight excluding hydrogens is 292 g/mol. The molecule has 0 bridgehead atoms. The Morgan fingerprint density at radius 3 is 2.12 bits per heavy atom. The van der Waals surface area contributed by atoms with Crippen LogP contribution in [0.4, 0.5) is 0 Å². The number of hydrogen-bond acceptors (Lipinski definition) is 2. The van der Waals surface area contributed by atoms with Crippen LogP contribution in [0.25, 0.3) is 5.57 Å². The fraction of sp³-hybridized carbons (Fsp3) is 0.182. The first-order valence-corrected chi connectivity index (χ1v) is 8.10. The van der Waals surface area contributed by atoms with Crippen molar-refractivity contribution in [2.24, 2.45) is 5.92 Å². The minimum absolute atomic E-state index is 0.216. The van der Waals surface area contributed by atoms with Gasteiger partial charge in [-0.25, -0.2) is 0 Å². The summed E-state index contributed by atoms with van der Waals surface area (Å²) in [5.41, 5.74) is 7.45. The zero-order valence-electron chi connectivity index (χ0n) is 13.7. The maximum Gasteiger partial charge on any atom is 0.100 e. The maximum atomic E-state index is 9.82. The minimum Gasteiger partial charge on any atom is -0.192 e. The van der Waals surface area contributed by atoms with Gasteiger partial charge in [0.25, 0.3) is 0 Å². The van der Waals surface area contributed by atoms with E-state index in [0.29, 0.717) is 11.5 Å². The first-order chi connectivity index (χ1) is 11.7. The summed E-state index contributed by atoms with van der Waals surface area (Å²) in [4.78, 5) is 0. The predicted octanol–water partition coefficient (Wildman–Crippen LogP) is 4.76. The summed E-state index contributed by atoms with van der Waals surface area (Å²) in [6.45, 7) is 3.90. The van der Waals surface area contributed by atoms with E-state index in [2.05, 4.69) is 42.5 Å². The summed E-state index contributed by atoms with van der Waals surface area (Å²) in [6.07, 6.45) is 6.58. The van der Waals surface area contributed by atoms with Gasteiger partial charge in [0.05, 0.1) is 17.2 Å². The van der Waals surface area contributed by atoms with E-state index in [4.69, 9.17) is 0 Å². The molecule has 0 saturated carbocycles. The topological polar surface area (TPSA) is 47.6 Å². The molecule has 2 aromatic carbocycles. The summed E-state index contributed by atoms with van der Waals surface area (Å²) in [5.74, 6) is 0.530. The van der Waals surface area contributed by atoms with Crippen LogP contribution in [-0.4, -0.2) is 0 Å². The van der Waals surface area contributed by atoms with E-state index in [9.17, 15) is 10.5 Å². The molecule has 24 heavy (non-hydrogen) atoms. The van der Waals surface area contributed by atoms with Gasteiger partial charge in [-0.15, -0.1) is 0 Å². The van der Waals surface area contributed by atoms with Crippen LogP contribution in [-0.2, 0) is 0 Å². The highest BCUT2D eigenvalue weighted by molar-refractivity contribution is 5.89. The summed E-state index contributed by atoms with van der Waals surface area (Å²) < 4.78 is 0. The van der Waals surface area contributed by atoms with E-state index in [1.807, 2.05) is 32.0 Å². The van der Waals surface area contributed by atoms with Crippen LogP contribution in [0, 0.1) is 42.4 Å². The largest absolute Gasteiger partial charge is 0.192 e. The van der Waals surface area contributed by atoms with E-state index >= 15 is 0 Å². The Labute approximate surface area is 142 Å². The summed E-state index contributed by atoms with van der Waals surface area (Å²) >= 11 is 0. The molecule has 2 aliphatic rings. The molecule has 0 aromatic heterocycles. The van der Waals surface area contributed by atoms with Gasteiger partial charge in [-0.1, -0.05) is 48.6 Å². The summed E-state index contributed by atoms with van der Waals surface area (Å²) in [5, 5.41) is 19.6. The Balaban J connectivity index is 2.13. The van der Waals surface area contributed by atoms with Crippen LogP contribution in [0.1, 0.15) is 44.9 Å². The van der Waals surface area contributed by atoms with Crippen molar-refractivity contribution in [1.29, 1.82) is 10.5 Å². The van der Waals surface area contributed by atoms with Gasteiger partial charge in [-0.2, -0.15) is 10.5 Å². The number of benzene rings is 2. The Kier molecular flexibility index (Phi) is 3.15. The van der Waals surface area contributed by atoms with Crippen molar-refractivity contribution in [3.05, 3.63) is 87.5 Å². The van der Waals surface area contributed by atoms with E-state index in [0.717, 1.165) is 39.0 Å². The smallest absolute Gasteiger partial charge is 0.100 e. The normalized spacial score (nSPS) is 20.1. The molecule has 4 rings (SSSR count). The number of rotatable bonds is 1. The summed E-state index contributed by atoms with van der Waals surface area (Å²) in [7, 11) is 0. The molecule has 2 nitrogen and oxygen atoms in total. The van der Waals surface area contributed by atoms with Crippen molar-refractivity contribution in [2.45, 2.75) is 19.8 Å². The maximum absolute atomic E-state index is 9.82. The molecule has 2 aromatic rings. The average molecular weight is 308 g/mol. The number of nitriles is 2. The fourth-order valence-electron chi connectivity index (χ4n) is 3.85. The van der Waals surface area contributed by atoms with Gasteiger partial charge < -0.3 is 0 Å². The molecular formula is C22H16N2. The monoisotopic (exact) mass is 308 g/mol. The highest BCUT2D eigenvalue weighted by atomic mass is 14.4. The Hall–Kier alpha value is -3.10. The number of nitrogens with zero attached hydrogens (tertiary/aromatic N) is 2. The lowest BCUT2D eigenvalue weighted by Gasteiger charge is -2.37. The molecule has 2 aliphatic carbocycles. The third kappa shape index (κ3) is 1.81. The second kappa shape index (κ2) is 5.22. The predicted molar refractivity (Wildman–Crippen MR) is 94.2 cm³/mol. The van der Waals surface area contributed by atoms with Crippen LogP contribution in [0.2, 0.25) is 0 Å². The van der Waals surface area contributed by atoms with Crippen molar-refractivity contribution >= 4 is 5.57 Å². The Morgan fingerprint density at radius 1 is 0.875 bits per heavy atom. The first kappa shape index (κ1) is 14.5. The second-order valence-corrected chi connectivity index (χ2v) is 6.45. The van der Waals surface area contributed by atoms with Crippen molar-refractivity contribution in [1.82, 2.24) is 0 Å². The lowest BCUT2D eigenvalue weighted by Crippen LogP contribution is -2.24. The van der Waals surface area contributed by atoms with E-state index in [1.54, 1.807) is 0 Å². The van der Waals surface area contributed by atoms with Gasteiger partial charge in [0.1, 0.15) is 6.07 Å². The average Bonchev–Trinajstić information content (AvgIpc) is 2.58. The molecule has 2 heteroatoms. The molecule has 114 valence electrons. The molecule has 0 fully saturated rings. The van der Waals surface area contributed by atoms with E-state index in [1.165, 1.54) is 0 Å². The fourth-order valence-corrected chi connectivity index (χ4v) is 3.85. The molecule has 0 radical (unpaired) electrons. The second-order valence-electron chi connectivity index (χ2n) is 6.45. The van der Waals surface area contributed by atoms with E-state index < -0.39 is 0 Å². The molecule has 0 unspecified atom stereocenters. The minimum atomic E-state index is 0.216. The lowest BCUT2D eigenvalue weighted by atomic mass is 9.65. The third-order valence-corrected chi connectivity index (χ3v) is 5.33. The SMILES string of the molecule is Cc1c(C)c(C#N)c2c(c1C#N)C(c1ccccc1)=C[C@@H]1C=C[C@H]21. The van der Waals surface area contributed by atoms with Gasteiger partial charge in [0, 0.05) is 17.4 Å². The highest BCUT2D eigenvalue weighted by Crippen LogP contribution is 2.50. The zero-order valence-corrected chi connectivity index (χ0v) is 13.7. The van der Waals surface area contributed by atoms with Crippen LogP contribution < -0.4 is 0 Å². The Bertz CT molecular complexity index is 995. The lowest BCUT2D eigenvalue weighted by molar-refractivity contribution is 0.631. The zero-order chi connectivity index (χ0) is 16.8. The molecule has 0 saturated heterocycles. The van der Waals surface area contributed by atoms with Crippen molar-refractivity contribution in [3.63, 3.8) is 0 Å². The standard InChI is InChI=1S/C22H16N2/c1-13-14(2)20(12-24)22-18(15-6-4-3-5-7-15)10-16-8-9-17(16)21(22)19(13)11-23/h3-10,16-17H,1-2H3/t16-,17-/m0/s1. The third-order valence-electron chi connectivity index (χ3n) is 5.33. The van der Waals surface area contributed by atoms with Crippen LogP contribution >= 0.6 is 0 Å². The van der Waals surface area contributed by atoms with E-state index in [-0.39, 0.29) is 5.92 Å². The first-order valence-electron chi connectivity index (χ1n) is 8.10. The number of allylic oxidation sites excluding steroid dienone is 3. The quantitative estimate of drug-likeness (QED) is 0.713. The number of fused-ring (bicyclic) bond motifs is 3. The van der Waals surface area contributed by atoms with Gasteiger partial charge in [-0.3, -0.25) is 0 Å². The van der Waals surface area contributed by atoms with Gasteiger partial charge >= 0.3 is 0 Å². The van der Waals surface area contributed by atoms with Crippen molar-refractivity contribution < 1.29 is 0 Å². The molecule has 2 atom stereocenters. The molecule has 0 aliphatic heterocycles.